The summed E-state index contributed by atoms with van der Waals surface area (Å²) in [6, 6.07) is 2.83. The molecule has 0 saturated carbocycles. The monoisotopic (exact) mass is 296 g/mol. The van der Waals surface area contributed by atoms with Gasteiger partial charge in [-0.2, -0.15) is 0 Å². The van der Waals surface area contributed by atoms with Crippen LogP contribution >= 0.6 is 0 Å². The lowest BCUT2D eigenvalue weighted by Crippen LogP contribution is -2.49. The number of piperidine rings is 1. The first kappa shape index (κ1) is 15.9. The van der Waals surface area contributed by atoms with Gasteiger partial charge in [0.05, 0.1) is 11.5 Å². The van der Waals surface area contributed by atoms with Crippen molar-refractivity contribution in [2.75, 3.05) is 20.1 Å². The maximum atomic E-state index is 13.9. The van der Waals surface area contributed by atoms with Crippen LogP contribution in [0.15, 0.2) is 18.2 Å². The largest absolute Gasteiger partial charge is 0.338 e. The number of hydrogen-bond acceptors (Lipinski definition) is 2. The van der Waals surface area contributed by atoms with E-state index in [0.29, 0.717) is 6.54 Å². The molecule has 116 valence electrons. The zero-order valence-corrected chi connectivity index (χ0v) is 12.7. The van der Waals surface area contributed by atoms with Gasteiger partial charge in [-0.1, -0.05) is 0 Å². The molecule has 1 aliphatic rings. The summed E-state index contributed by atoms with van der Waals surface area (Å²) in [5.74, 6) is -1.02. The highest BCUT2D eigenvalue weighted by Gasteiger charge is 2.38. The summed E-state index contributed by atoms with van der Waals surface area (Å²) < 4.78 is 27.2. The predicted molar refractivity (Wildman–Crippen MR) is 77.8 cm³/mol. The summed E-state index contributed by atoms with van der Waals surface area (Å²) in [7, 11) is 1.65. The smallest absolute Gasteiger partial charge is 0.230 e. The minimum Gasteiger partial charge on any atom is -0.338 e. The van der Waals surface area contributed by atoms with Crippen LogP contribution in [-0.2, 0) is 4.79 Å². The molecule has 1 aromatic carbocycles. The van der Waals surface area contributed by atoms with E-state index in [-0.39, 0.29) is 11.5 Å². The molecule has 0 spiro atoms. The lowest BCUT2D eigenvalue weighted by molar-refractivity contribution is -0.143. The Balaban J connectivity index is 2.20. The Labute approximate surface area is 124 Å². The Morgan fingerprint density at radius 2 is 2.14 bits per heavy atom. The van der Waals surface area contributed by atoms with Gasteiger partial charge in [0.15, 0.2) is 0 Å². The fourth-order valence-electron chi connectivity index (χ4n) is 2.88. The van der Waals surface area contributed by atoms with Gasteiger partial charge >= 0.3 is 0 Å². The molecule has 0 bridgehead atoms. The van der Waals surface area contributed by atoms with Crippen molar-refractivity contribution >= 4 is 5.91 Å². The fraction of sp³-hybridized carbons (Fsp3) is 0.562. The van der Waals surface area contributed by atoms with E-state index in [1.807, 2.05) is 6.92 Å². The second kappa shape index (κ2) is 6.10. The third-order valence-electron chi connectivity index (χ3n) is 4.42. The Hall–Kier alpha value is -1.49. The molecule has 1 aromatic rings. The summed E-state index contributed by atoms with van der Waals surface area (Å²) >= 11 is 0. The van der Waals surface area contributed by atoms with Crippen molar-refractivity contribution in [2.24, 2.45) is 5.41 Å². The van der Waals surface area contributed by atoms with Crippen LogP contribution in [0.5, 0.6) is 0 Å². The van der Waals surface area contributed by atoms with Crippen LogP contribution in [-0.4, -0.2) is 30.9 Å². The van der Waals surface area contributed by atoms with Gasteiger partial charge in [-0.05, 0) is 51.4 Å². The normalized spacial score (nSPS) is 23.7. The number of nitrogens with one attached hydrogen (secondary N) is 1. The van der Waals surface area contributed by atoms with E-state index in [2.05, 4.69) is 5.32 Å². The van der Waals surface area contributed by atoms with Crippen molar-refractivity contribution in [3.05, 3.63) is 35.4 Å². The number of carbonyl (C=O) groups is 1. The lowest BCUT2D eigenvalue weighted by atomic mass is 9.81. The molecule has 2 unspecified atom stereocenters. The number of halogens is 2. The van der Waals surface area contributed by atoms with Crippen LogP contribution in [0.2, 0.25) is 0 Å². The van der Waals surface area contributed by atoms with Crippen molar-refractivity contribution in [3.63, 3.8) is 0 Å². The molecule has 3 nitrogen and oxygen atoms in total. The lowest BCUT2D eigenvalue weighted by Gasteiger charge is -2.38. The number of nitrogens with zero attached hydrogens (tertiary/aromatic N) is 1. The summed E-state index contributed by atoms with van der Waals surface area (Å²) in [5, 5.41) is 3.23. The zero-order chi connectivity index (χ0) is 15.6. The van der Waals surface area contributed by atoms with Crippen molar-refractivity contribution in [3.8, 4) is 0 Å². The van der Waals surface area contributed by atoms with E-state index in [1.165, 1.54) is 4.90 Å². The van der Waals surface area contributed by atoms with E-state index in [9.17, 15) is 13.6 Å². The molecule has 0 radical (unpaired) electrons. The maximum absolute atomic E-state index is 13.9. The van der Waals surface area contributed by atoms with Crippen LogP contribution in [0.25, 0.3) is 0 Å². The van der Waals surface area contributed by atoms with E-state index in [1.54, 1.807) is 14.0 Å². The van der Waals surface area contributed by atoms with Gasteiger partial charge in [-0.3, -0.25) is 4.79 Å². The molecule has 1 fully saturated rings. The number of hydrogen-bond donors (Lipinski definition) is 1. The molecule has 21 heavy (non-hydrogen) atoms. The van der Waals surface area contributed by atoms with Crippen LogP contribution in [0, 0.1) is 17.0 Å². The molecule has 1 amide bonds. The van der Waals surface area contributed by atoms with Crippen LogP contribution in [0.3, 0.4) is 0 Å². The molecule has 0 aliphatic carbocycles. The molecule has 1 N–H and O–H groups in total. The molecule has 5 heteroatoms. The molecule has 1 heterocycles. The van der Waals surface area contributed by atoms with Crippen molar-refractivity contribution in [2.45, 2.75) is 32.7 Å². The Morgan fingerprint density at radius 3 is 2.76 bits per heavy atom. The van der Waals surface area contributed by atoms with Gasteiger partial charge in [0.25, 0.3) is 0 Å². The number of carbonyl (C=O) groups excluding carboxylic acids is 1. The van der Waals surface area contributed by atoms with E-state index in [0.717, 1.165) is 37.6 Å². The molecule has 2 rings (SSSR count). The summed E-state index contributed by atoms with van der Waals surface area (Å²) in [6.07, 6.45) is 1.75. The van der Waals surface area contributed by atoms with Crippen LogP contribution in [0.4, 0.5) is 8.78 Å². The number of rotatable bonds is 3. The molecule has 1 saturated heterocycles. The SMILES string of the molecule is CC(c1cc(F)ccc1F)N(C)C(=O)C1(C)CCCNC1. The van der Waals surface area contributed by atoms with Crippen LogP contribution < -0.4 is 5.32 Å². The first-order valence-electron chi connectivity index (χ1n) is 7.28. The highest BCUT2D eigenvalue weighted by molar-refractivity contribution is 5.83. The Morgan fingerprint density at radius 1 is 1.43 bits per heavy atom. The maximum Gasteiger partial charge on any atom is 0.230 e. The molecule has 0 aromatic heterocycles. The Kier molecular flexibility index (Phi) is 4.61. The summed E-state index contributed by atoms with van der Waals surface area (Å²) in [4.78, 5) is 14.2. The molecule has 2 atom stereocenters. The third-order valence-corrected chi connectivity index (χ3v) is 4.42. The average Bonchev–Trinajstić information content (AvgIpc) is 2.48. The summed E-state index contributed by atoms with van der Waals surface area (Å²) in [5.41, 5.74) is -0.274. The van der Waals surface area contributed by atoms with Crippen LogP contribution in [0.1, 0.15) is 38.3 Å². The number of benzene rings is 1. The van der Waals surface area contributed by atoms with E-state index >= 15 is 0 Å². The topological polar surface area (TPSA) is 32.3 Å². The van der Waals surface area contributed by atoms with Gasteiger partial charge in [0.1, 0.15) is 11.6 Å². The average molecular weight is 296 g/mol. The van der Waals surface area contributed by atoms with Gasteiger partial charge in [-0.15, -0.1) is 0 Å². The van der Waals surface area contributed by atoms with Gasteiger partial charge in [0, 0.05) is 19.2 Å². The predicted octanol–water partition coefficient (Wildman–Crippen LogP) is 2.87. The summed E-state index contributed by atoms with van der Waals surface area (Å²) in [6.45, 7) is 5.18. The zero-order valence-electron chi connectivity index (χ0n) is 12.7. The fourth-order valence-corrected chi connectivity index (χ4v) is 2.88. The van der Waals surface area contributed by atoms with Gasteiger partial charge in [0.2, 0.25) is 5.91 Å². The molecular weight excluding hydrogens is 274 g/mol. The number of amides is 1. The first-order valence-corrected chi connectivity index (χ1v) is 7.28. The van der Waals surface area contributed by atoms with Crippen molar-refractivity contribution < 1.29 is 13.6 Å². The standard InChI is InChI=1S/C16H22F2N2O/c1-11(13-9-12(17)5-6-14(13)18)20(3)15(21)16(2)7-4-8-19-10-16/h5-6,9,11,19H,4,7-8,10H2,1-3H3. The highest BCUT2D eigenvalue weighted by Crippen LogP contribution is 2.31. The first-order chi connectivity index (χ1) is 9.85. The second-order valence-corrected chi connectivity index (χ2v) is 6.10. The second-order valence-electron chi connectivity index (χ2n) is 6.10. The highest BCUT2D eigenvalue weighted by atomic mass is 19.1. The molecular formula is C16H22F2N2O. The van der Waals surface area contributed by atoms with Crippen molar-refractivity contribution in [1.29, 1.82) is 0 Å². The van der Waals surface area contributed by atoms with E-state index < -0.39 is 23.1 Å². The minimum absolute atomic E-state index is 0.0362. The molecule has 1 aliphatic heterocycles. The third kappa shape index (κ3) is 3.23. The minimum atomic E-state index is -0.507. The van der Waals surface area contributed by atoms with Gasteiger partial charge < -0.3 is 10.2 Å². The Bertz CT molecular complexity index is 527. The van der Waals surface area contributed by atoms with Gasteiger partial charge in [-0.25, -0.2) is 8.78 Å². The van der Waals surface area contributed by atoms with E-state index in [4.69, 9.17) is 0 Å². The van der Waals surface area contributed by atoms with Crippen molar-refractivity contribution in [1.82, 2.24) is 10.2 Å². The quantitative estimate of drug-likeness (QED) is 0.930.